The van der Waals surface area contributed by atoms with E-state index in [4.69, 9.17) is 0 Å². The van der Waals surface area contributed by atoms with Crippen LogP contribution in [0.3, 0.4) is 0 Å². The fraction of sp³-hybridized carbons (Fsp3) is 0.587. The third kappa shape index (κ3) is 10.5. The van der Waals surface area contributed by atoms with E-state index in [9.17, 15) is 0 Å². The van der Waals surface area contributed by atoms with Gasteiger partial charge in [-0.25, -0.2) is 4.98 Å². The number of aromatic amines is 1. The van der Waals surface area contributed by atoms with Crippen LogP contribution >= 0.6 is 20.3 Å². The molecule has 1 aromatic heterocycles. The van der Waals surface area contributed by atoms with Crippen LogP contribution in [0.2, 0.25) is 0 Å². The lowest BCUT2D eigenvalue weighted by Gasteiger charge is -2.45. The largest absolute Gasteiger partial charge is 0.342 e. The predicted octanol–water partition coefficient (Wildman–Crippen LogP) is 15.2. The quantitative estimate of drug-likeness (QED) is 0.204. The number of nitrogens with one attached hydrogen (secondary N) is 1. The number of imidazole rings is 1. The third-order valence-corrected chi connectivity index (χ3v) is 13.3. The molecule has 0 unspecified atom stereocenters. The van der Waals surface area contributed by atoms with Crippen molar-refractivity contribution < 1.29 is 1.43 Å². The van der Waals surface area contributed by atoms with Crippen LogP contribution in [-0.2, 0) is 0 Å². The molecule has 1 heterocycles. The molecule has 4 heteroatoms. The summed E-state index contributed by atoms with van der Waals surface area (Å²) in [6.45, 7) is 48.9. The number of H-pyrrole nitrogens is 1. The lowest BCUT2D eigenvalue weighted by molar-refractivity contribution is 0.714. The maximum Gasteiger partial charge on any atom is 0.104 e. The van der Waals surface area contributed by atoms with E-state index in [1.54, 1.807) is 10.9 Å². The van der Waals surface area contributed by atoms with Crippen LogP contribution in [0.25, 0.3) is 22.2 Å². The van der Waals surface area contributed by atoms with Crippen molar-refractivity contribution in [2.45, 2.75) is 180 Å². The van der Waals surface area contributed by atoms with Crippen LogP contribution in [-0.4, -0.2) is 20.3 Å². The van der Waals surface area contributed by atoms with Gasteiger partial charge in [0.25, 0.3) is 0 Å². The minimum atomic E-state index is -0.431. The highest BCUT2D eigenvalue weighted by Crippen LogP contribution is 2.61. The molecule has 0 saturated heterocycles. The van der Waals surface area contributed by atoms with E-state index in [2.05, 4.69) is 173 Å². The summed E-state index contributed by atoms with van der Waals surface area (Å²) in [7, 11) is -0.431. The van der Waals surface area contributed by atoms with Crippen molar-refractivity contribution in [3.05, 3.63) is 80.2 Å². The number of aryl methyl sites for hydroxylation is 3. The summed E-state index contributed by atoms with van der Waals surface area (Å²) in [4.78, 5) is 7.63. The van der Waals surface area contributed by atoms with Gasteiger partial charge in [0.05, 0.1) is 11.0 Å². The summed E-state index contributed by atoms with van der Waals surface area (Å²) < 4.78 is 0. The Hall–Kier alpha value is -2.15. The molecule has 1 N–H and O–H groups in total. The fourth-order valence-corrected chi connectivity index (χ4v) is 11.8. The van der Waals surface area contributed by atoms with Crippen molar-refractivity contribution >= 4 is 36.7 Å². The van der Waals surface area contributed by atoms with Gasteiger partial charge in [-0.15, -0.1) is 12.4 Å². The van der Waals surface area contributed by atoms with Crippen molar-refractivity contribution in [1.29, 1.82) is 0 Å². The molecule has 4 aromatic rings. The van der Waals surface area contributed by atoms with Gasteiger partial charge in [0.1, 0.15) is 5.82 Å². The number of fused-ring (bicyclic) bond motifs is 1. The Morgan fingerprint density at radius 1 is 0.640 bits per heavy atom. The number of rotatable bonds is 5. The Bertz CT molecular complexity index is 1690. The first-order valence-electron chi connectivity index (χ1n) is 18.9. The molecule has 0 bridgehead atoms. The highest BCUT2D eigenvalue weighted by molar-refractivity contribution is 7.69. The van der Waals surface area contributed by atoms with Crippen LogP contribution in [0.1, 0.15) is 178 Å². The van der Waals surface area contributed by atoms with Gasteiger partial charge in [-0.1, -0.05) is 129 Å². The molecule has 0 amide bonds. The number of hydrogen-bond acceptors (Lipinski definition) is 1. The fourth-order valence-electron chi connectivity index (χ4n) is 7.39. The molecule has 0 atom stereocenters. The topological polar surface area (TPSA) is 28.7 Å². The third-order valence-electron chi connectivity index (χ3n) is 9.64. The molecule has 50 heavy (non-hydrogen) atoms. The van der Waals surface area contributed by atoms with Crippen LogP contribution < -0.4 is 5.30 Å². The smallest absolute Gasteiger partial charge is 0.104 e. The highest BCUT2D eigenvalue weighted by atomic mass is 35.5. The van der Waals surface area contributed by atoms with Crippen molar-refractivity contribution in [2.75, 3.05) is 0 Å². The number of hydrogen-bond donors (Lipinski definition) is 1. The molecule has 0 saturated carbocycles. The lowest BCUT2D eigenvalue weighted by atomic mass is 9.79. The first-order valence-corrected chi connectivity index (χ1v) is 20.3. The second-order valence-electron chi connectivity index (χ2n) is 17.4. The van der Waals surface area contributed by atoms with Gasteiger partial charge in [0, 0.05) is 1.43 Å². The zero-order valence-electron chi connectivity index (χ0n) is 36.1. The molecular weight excluding hydrogens is 647 g/mol. The van der Waals surface area contributed by atoms with E-state index in [0.29, 0.717) is 17.8 Å². The molecule has 2 nitrogen and oxygen atoms in total. The Kier molecular flexibility index (Phi) is 16.6. The van der Waals surface area contributed by atoms with Crippen molar-refractivity contribution in [3.8, 4) is 11.1 Å². The van der Waals surface area contributed by atoms with Gasteiger partial charge in [-0.05, 0) is 149 Å². The van der Waals surface area contributed by atoms with E-state index in [-0.39, 0.29) is 24.1 Å². The van der Waals surface area contributed by atoms with Crippen LogP contribution in [0.15, 0.2) is 24.3 Å². The molecule has 3 aromatic carbocycles. The minimum Gasteiger partial charge on any atom is -0.342 e. The summed E-state index contributed by atoms with van der Waals surface area (Å²) in [6.07, 6.45) is 1.25. The van der Waals surface area contributed by atoms with Gasteiger partial charge in [-0.3, -0.25) is 0 Å². The molecule has 0 radical (unpaired) electrons. The second kappa shape index (κ2) is 18.1. The summed E-state index contributed by atoms with van der Waals surface area (Å²) in [6, 6.07) is 9.34. The lowest BCUT2D eigenvalue weighted by Crippen LogP contribution is -2.34. The summed E-state index contributed by atoms with van der Waals surface area (Å²) in [5.74, 6) is 2.48. The average Bonchev–Trinajstić information content (AvgIpc) is 3.34. The molecular formula is C46H76ClN2P. The van der Waals surface area contributed by atoms with E-state index < -0.39 is 7.92 Å². The van der Waals surface area contributed by atoms with Crippen LogP contribution in [0, 0.1) is 48.5 Å². The monoisotopic (exact) mass is 723 g/mol. The average molecular weight is 724 g/mol. The molecule has 282 valence electrons. The van der Waals surface area contributed by atoms with Gasteiger partial charge in [0.15, 0.2) is 0 Å². The van der Waals surface area contributed by atoms with Crippen LogP contribution in [0.5, 0.6) is 0 Å². The predicted molar refractivity (Wildman–Crippen MR) is 235 cm³/mol. The van der Waals surface area contributed by atoms with Crippen molar-refractivity contribution in [1.82, 2.24) is 9.97 Å². The molecule has 0 aliphatic heterocycles. The molecule has 0 fully saturated rings. The zero-order valence-corrected chi connectivity index (χ0v) is 37.8. The molecule has 4 rings (SSSR count). The standard InChI is InChI=1S/C33H53P.C10H12N2.C3H8.ClH.H2/c1-19(2)26-17-27(20(3)4)30(28(18-26)21(5)6)29-24(9)22(7)23(8)25(10)31(29)34(32(11,12)13)33(14,15)16;1-6-4-7(2)10-9(5-6)11-8(3)12-10;1-3-2;;/h17-21H,1-16H3;4-5H,1-3H3,(H,11,12);3H2,1-2H3;2*1H. The van der Waals surface area contributed by atoms with Gasteiger partial charge in [0.2, 0.25) is 0 Å². The number of halogens is 1. The van der Waals surface area contributed by atoms with Gasteiger partial charge >= 0.3 is 0 Å². The molecule has 0 aliphatic carbocycles. The number of aromatic nitrogens is 2. The first kappa shape index (κ1) is 45.9. The Balaban J connectivity index is 0.00000122. The summed E-state index contributed by atoms with van der Waals surface area (Å²) in [5, 5.41) is 2.08. The highest BCUT2D eigenvalue weighted by Gasteiger charge is 2.40. The second-order valence-corrected chi connectivity index (χ2v) is 21.2. The summed E-state index contributed by atoms with van der Waals surface area (Å²) in [5.41, 5.74) is 18.3. The normalized spacial score (nSPS) is 11.9. The Morgan fingerprint density at radius 3 is 1.48 bits per heavy atom. The minimum absolute atomic E-state index is 0. The van der Waals surface area contributed by atoms with E-state index in [1.807, 2.05) is 6.92 Å². The van der Waals surface area contributed by atoms with Gasteiger partial charge < -0.3 is 4.98 Å². The van der Waals surface area contributed by atoms with E-state index in [1.165, 1.54) is 62.1 Å². The molecule has 0 aliphatic rings. The zero-order chi connectivity index (χ0) is 37.9. The Morgan fingerprint density at radius 2 is 1.08 bits per heavy atom. The number of benzene rings is 3. The van der Waals surface area contributed by atoms with E-state index in [0.717, 1.165) is 16.9 Å². The maximum absolute atomic E-state index is 4.40. The molecule has 0 spiro atoms. The van der Waals surface area contributed by atoms with Crippen molar-refractivity contribution in [3.63, 3.8) is 0 Å². The first-order chi connectivity index (χ1) is 22.4. The van der Waals surface area contributed by atoms with Crippen LogP contribution in [0.4, 0.5) is 0 Å². The van der Waals surface area contributed by atoms with Gasteiger partial charge in [-0.2, -0.15) is 0 Å². The van der Waals surface area contributed by atoms with E-state index >= 15 is 0 Å². The SMILES string of the molecule is CCC.Cc1c(C)c(C)c(P(C(C)(C)C)C(C)(C)C)c(-c2c(C(C)C)cc(C(C)C)cc2C(C)C)c1C.Cc1cc(C)c2nc(C)[nH]c2c1.Cl.[HH]. The number of nitrogens with zero attached hydrogens (tertiary/aromatic N) is 1. The maximum atomic E-state index is 4.40. The van der Waals surface area contributed by atoms with Crippen molar-refractivity contribution in [2.24, 2.45) is 0 Å². The Labute approximate surface area is 318 Å². The summed E-state index contributed by atoms with van der Waals surface area (Å²) >= 11 is 0.